The lowest BCUT2D eigenvalue weighted by Crippen LogP contribution is -2.22. The van der Waals surface area contributed by atoms with E-state index in [1.165, 1.54) is 12.1 Å². The predicted molar refractivity (Wildman–Crippen MR) is 85.5 cm³/mol. The minimum Gasteiger partial charge on any atom is -0.353 e. The van der Waals surface area contributed by atoms with Crippen molar-refractivity contribution in [2.75, 3.05) is 11.9 Å². The molecule has 118 valence electrons. The predicted octanol–water partition coefficient (Wildman–Crippen LogP) is 3.78. The summed E-state index contributed by atoms with van der Waals surface area (Å²) < 4.78 is 18.3. The van der Waals surface area contributed by atoms with Crippen LogP contribution in [0, 0.1) is 12.7 Å². The van der Waals surface area contributed by atoms with Crippen molar-refractivity contribution in [1.82, 2.24) is 15.1 Å². The van der Waals surface area contributed by atoms with Gasteiger partial charge in [-0.1, -0.05) is 17.3 Å². The van der Waals surface area contributed by atoms with E-state index >= 15 is 0 Å². The number of aromatic nitrogens is 3. The Morgan fingerprint density at radius 1 is 1.17 bits per heavy atom. The molecular weight excluding hydrogens is 295 g/mol. The molecule has 0 N–H and O–H groups in total. The van der Waals surface area contributed by atoms with Crippen LogP contribution in [0.25, 0.3) is 11.5 Å². The number of hydrogen-bond acceptors (Lipinski definition) is 5. The minimum absolute atomic E-state index is 0.0442. The Balaban J connectivity index is 1.87. The zero-order chi connectivity index (χ0) is 16.4. The van der Waals surface area contributed by atoms with Crippen LogP contribution in [0.15, 0.2) is 47.1 Å². The smallest absolute Gasteiger partial charge is 0.258 e. The van der Waals surface area contributed by atoms with Gasteiger partial charge in [0.25, 0.3) is 5.89 Å². The van der Waals surface area contributed by atoms with Crippen LogP contribution in [0.3, 0.4) is 0 Å². The highest BCUT2D eigenvalue weighted by atomic mass is 19.1. The molecular formula is C17H17FN4O. The van der Waals surface area contributed by atoms with Crippen LogP contribution in [0.5, 0.6) is 0 Å². The maximum Gasteiger partial charge on any atom is 0.258 e. The molecule has 5 nitrogen and oxygen atoms in total. The van der Waals surface area contributed by atoms with Gasteiger partial charge in [0.1, 0.15) is 11.6 Å². The second-order valence-corrected chi connectivity index (χ2v) is 5.39. The second-order valence-electron chi connectivity index (χ2n) is 5.39. The Bertz CT molecular complexity index is 800. The van der Waals surface area contributed by atoms with Crippen LogP contribution in [0.4, 0.5) is 10.2 Å². The quantitative estimate of drug-likeness (QED) is 0.734. The normalized spacial score (nSPS) is 12.2. The third-order valence-electron chi connectivity index (χ3n) is 3.81. The van der Waals surface area contributed by atoms with Crippen LogP contribution < -0.4 is 4.90 Å². The molecule has 23 heavy (non-hydrogen) atoms. The van der Waals surface area contributed by atoms with Gasteiger partial charge in [0.05, 0.1) is 6.04 Å². The summed E-state index contributed by atoms with van der Waals surface area (Å²) in [7, 11) is 1.94. The average Bonchev–Trinajstić information content (AvgIpc) is 3.01. The summed E-state index contributed by atoms with van der Waals surface area (Å²) in [6, 6.07) is 10.3. The number of halogens is 1. The molecule has 0 radical (unpaired) electrons. The molecule has 0 fully saturated rings. The summed E-state index contributed by atoms with van der Waals surface area (Å²) in [5.74, 6) is 1.59. The molecule has 6 heteroatoms. The molecule has 0 saturated heterocycles. The van der Waals surface area contributed by atoms with Gasteiger partial charge in [0, 0.05) is 18.8 Å². The van der Waals surface area contributed by atoms with Crippen LogP contribution in [-0.4, -0.2) is 22.2 Å². The molecule has 0 spiro atoms. The van der Waals surface area contributed by atoms with E-state index in [1.54, 1.807) is 25.3 Å². The first-order valence-electron chi connectivity index (χ1n) is 7.29. The van der Waals surface area contributed by atoms with Crippen LogP contribution >= 0.6 is 0 Å². The minimum atomic E-state index is -0.240. The Kier molecular flexibility index (Phi) is 4.06. The van der Waals surface area contributed by atoms with Gasteiger partial charge >= 0.3 is 0 Å². The summed E-state index contributed by atoms with van der Waals surface area (Å²) in [4.78, 5) is 10.6. The highest BCUT2D eigenvalue weighted by Crippen LogP contribution is 2.27. The molecule has 2 heterocycles. The van der Waals surface area contributed by atoms with E-state index < -0.39 is 0 Å². The van der Waals surface area contributed by atoms with Gasteiger partial charge in [-0.15, -0.1) is 0 Å². The first kappa shape index (κ1) is 15.1. The largest absolute Gasteiger partial charge is 0.353 e. The number of benzene rings is 1. The number of rotatable bonds is 4. The summed E-state index contributed by atoms with van der Waals surface area (Å²) in [6.45, 7) is 3.82. The van der Waals surface area contributed by atoms with E-state index in [-0.39, 0.29) is 11.9 Å². The molecule has 0 aliphatic heterocycles. The molecule has 0 amide bonds. The van der Waals surface area contributed by atoms with Gasteiger partial charge in [-0.3, -0.25) is 0 Å². The first-order valence-corrected chi connectivity index (χ1v) is 7.29. The maximum absolute atomic E-state index is 13.1. The number of nitrogens with zero attached hydrogens (tertiary/aromatic N) is 4. The van der Waals surface area contributed by atoms with Gasteiger partial charge in [-0.25, -0.2) is 9.37 Å². The van der Waals surface area contributed by atoms with Crippen LogP contribution in [-0.2, 0) is 0 Å². The van der Waals surface area contributed by atoms with E-state index in [4.69, 9.17) is 4.52 Å². The zero-order valence-corrected chi connectivity index (χ0v) is 13.2. The van der Waals surface area contributed by atoms with E-state index in [1.807, 2.05) is 31.0 Å². The van der Waals surface area contributed by atoms with Crippen molar-refractivity contribution in [3.63, 3.8) is 0 Å². The topological polar surface area (TPSA) is 55.1 Å². The summed E-state index contributed by atoms with van der Waals surface area (Å²) in [5.41, 5.74) is 1.82. The summed E-state index contributed by atoms with van der Waals surface area (Å²) >= 11 is 0. The van der Waals surface area contributed by atoms with Gasteiger partial charge < -0.3 is 9.42 Å². The monoisotopic (exact) mass is 312 g/mol. The lowest BCUT2D eigenvalue weighted by Gasteiger charge is -2.26. The fraction of sp³-hybridized carbons (Fsp3) is 0.235. The molecule has 1 unspecified atom stereocenters. The molecule has 0 aliphatic rings. The van der Waals surface area contributed by atoms with E-state index in [9.17, 15) is 4.39 Å². The lowest BCUT2D eigenvalue weighted by atomic mass is 10.1. The lowest BCUT2D eigenvalue weighted by molar-refractivity contribution is 0.425. The molecule has 2 aromatic heterocycles. The SMILES string of the molecule is Cc1noc(-c2ccnc(N(C)C(C)c3ccc(F)cc3)c2)n1. The molecule has 1 atom stereocenters. The molecule has 3 aromatic rings. The highest BCUT2D eigenvalue weighted by molar-refractivity contribution is 5.59. The number of hydrogen-bond donors (Lipinski definition) is 0. The zero-order valence-electron chi connectivity index (χ0n) is 13.2. The van der Waals surface area contributed by atoms with Crippen molar-refractivity contribution in [2.24, 2.45) is 0 Å². The fourth-order valence-electron chi connectivity index (χ4n) is 2.32. The number of pyridine rings is 1. The Labute approximate surface area is 133 Å². The first-order chi connectivity index (χ1) is 11.0. The summed E-state index contributed by atoms with van der Waals surface area (Å²) in [6.07, 6.45) is 1.71. The Hall–Kier alpha value is -2.76. The third-order valence-corrected chi connectivity index (χ3v) is 3.81. The Morgan fingerprint density at radius 3 is 2.57 bits per heavy atom. The fourth-order valence-corrected chi connectivity index (χ4v) is 2.32. The molecule has 1 aromatic carbocycles. The summed E-state index contributed by atoms with van der Waals surface area (Å²) in [5, 5.41) is 3.80. The van der Waals surface area contributed by atoms with Gasteiger partial charge in [0.2, 0.25) is 0 Å². The van der Waals surface area contributed by atoms with Crippen molar-refractivity contribution < 1.29 is 8.91 Å². The average molecular weight is 312 g/mol. The van der Waals surface area contributed by atoms with Crippen LogP contribution in [0.2, 0.25) is 0 Å². The molecule has 0 aliphatic carbocycles. The molecule has 0 saturated carbocycles. The van der Waals surface area contributed by atoms with Crippen molar-refractivity contribution in [2.45, 2.75) is 19.9 Å². The number of aryl methyl sites for hydroxylation is 1. The van der Waals surface area contributed by atoms with Crippen molar-refractivity contribution in [1.29, 1.82) is 0 Å². The maximum atomic E-state index is 13.1. The van der Waals surface area contributed by atoms with Crippen molar-refractivity contribution in [3.05, 3.63) is 59.8 Å². The van der Waals surface area contributed by atoms with Crippen molar-refractivity contribution >= 4 is 5.82 Å². The van der Waals surface area contributed by atoms with Crippen molar-refractivity contribution in [3.8, 4) is 11.5 Å². The van der Waals surface area contributed by atoms with Crippen LogP contribution in [0.1, 0.15) is 24.4 Å². The number of anilines is 1. The van der Waals surface area contributed by atoms with E-state index in [0.29, 0.717) is 11.7 Å². The van der Waals surface area contributed by atoms with E-state index in [2.05, 4.69) is 15.1 Å². The van der Waals surface area contributed by atoms with Gasteiger partial charge in [0.15, 0.2) is 5.82 Å². The molecule has 0 bridgehead atoms. The van der Waals surface area contributed by atoms with E-state index in [0.717, 1.165) is 16.9 Å². The highest BCUT2D eigenvalue weighted by Gasteiger charge is 2.15. The second kappa shape index (κ2) is 6.16. The third kappa shape index (κ3) is 3.21. The standard InChI is InChI=1S/C17H17FN4O/c1-11(13-4-6-15(18)7-5-13)22(3)16-10-14(8-9-19-16)17-20-12(2)21-23-17/h4-11H,1-3H3. The Morgan fingerprint density at radius 2 is 1.91 bits per heavy atom. The molecule has 3 rings (SSSR count). The van der Waals surface area contributed by atoms with Gasteiger partial charge in [-0.2, -0.15) is 4.98 Å². The van der Waals surface area contributed by atoms with Gasteiger partial charge in [-0.05, 0) is 43.7 Å².